The summed E-state index contributed by atoms with van der Waals surface area (Å²) >= 11 is 5.49. The number of isocyanates is 1. The van der Waals surface area contributed by atoms with E-state index in [0.717, 1.165) is 11.3 Å². The van der Waals surface area contributed by atoms with E-state index in [1.807, 2.05) is 6.92 Å². The Bertz CT molecular complexity index is 359. The van der Waals surface area contributed by atoms with E-state index in [4.69, 9.17) is 16.3 Å². The zero-order chi connectivity index (χ0) is 10.4. The number of benzene rings is 1. The third-order valence-corrected chi connectivity index (χ3v) is 1.82. The predicted octanol–water partition coefficient (Wildman–Crippen LogP) is 2.58. The molecule has 4 heteroatoms. The topological polar surface area (TPSA) is 38.7 Å². The number of hydrogen-bond acceptors (Lipinski definition) is 3. The average molecular weight is 212 g/mol. The highest BCUT2D eigenvalue weighted by Gasteiger charge is 1.99. The van der Waals surface area contributed by atoms with E-state index in [-0.39, 0.29) is 0 Å². The van der Waals surface area contributed by atoms with Gasteiger partial charge in [0.1, 0.15) is 12.4 Å². The minimum atomic E-state index is 0.452. The number of aryl methyl sites for hydroxylation is 1. The third-order valence-electron chi connectivity index (χ3n) is 1.67. The highest BCUT2D eigenvalue weighted by Crippen LogP contribution is 2.23. The fourth-order valence-corrected chi connectivity index (χ4v) is 1.14. The molecule has 0 N–H and O–H groups in total. The van der Waals surface area contributed by atoms with Crippen molar-refractivity contribution in [3.05, 3.63) is 23.8 Å². The van der Waals surface area contributed by atoms with Crippen molar-refractivity contribution in [2.24, 2.45) is 4.99 Å². The standard InChI is InChI=1S/C10H10ClNO2/c1-8-6-9(12-7-13)2-3-10(8)14-5-4-11/h2-3,6H,4-5H2,1H3. The molecule has 0 saturated heterocycles. The van der Waals surface area contributed by atoms with Crippen LogP contribution in [-0.2, 0) is 4.79 Å². The molecule has 0 atom stereocenters. The summed E-state index contributed by atoms with van der Waals surface area (Å²) in [4.78, 5) is 13.5. The minimum Gasteiger partial charge on any atom is -0.492 e. The first-order valence-electron chi connectivity index (χ1n) is 4.15. The van der Waals surface area contributed by atoms with Gasteiger partial charge >= 0.3 is 0 Å². The Morgan fingerprint density at radius 3 is 2.93 bits per heavy atom. The van der Waals surface area contributed by atoms with E-state index in [9.17, 15) is 4.79 Å². The molecule has 3 nitrogen and oxygen atoms in total. The molecule has 0 bridgehead atoms. The molecule has 0 amide bonds. The molecule has 0 radical (unpaired) electrons. The Hall–Kier alpha value is -1.31. The summed E-state index contributed by atoms with van der Waals surface area (Å²) in [5.74, 6) is 1.21. The molecular weight excluding hydrogens is 202 g/mol. The van der Waals surface area contributed by atoms with Crippen LogP contribution in [0.5, 0.6) is 5.75 Å². The summed E-state index contributed by atoms with van der Waals surface area (Å²) in [6, 6.07) is 5.22. The lowest BCUT2D eigenvalue weighted by Gasteiger charge is -2.07. The Morgan fingerprint density at radius 2 is 2.36 bits per heavy atom. The molecule has 74 valence electrons. The molecule has 1 rings (SSSR count). The molecule has 1 aromatic rings. The second-order valence-electron chi connectivity index (χ2n) is 2.69. The average Bonchev–Trinajstić information content (AvgIpc) is 2.17. The van der Waals surface area contributed by atoms with Gasteiger partial charge in [0.15, 0.2) is 0 Å². The summed E-state index contributed by atoms with van der Waals surface area (Å²) in [7, 11) is 0. The van der Waals surface area contributed by atoms with Crippen LogP contribution in [0.15, 0.2) is 23.2 Å². The number of rotatable bonds is 4. The van der Waals surface area contributed by atoms with Crippen LogP contribution in [0.25, 0.3) is 0 Å². The summed E-state index contributed by atoms with van der Waals surface area (Å²) in [5, 5.41) is 0. The minimum absolute atomic E-state index is 0.452. The fraction of sp³-hybridized carbons (Fsp3) is 0.300. The van der Waals surface area contributed by atoms with Gasteiger partial charge in [0.25, 0.3) is 0 Å². The quantitative estimate of drug-likeness (QED) is 0.436. The third kappa shape index (κ3) is 2.87. The Labute approximate surface area is 87.4 Å². The van der Waals surface area contributed by atoms with Gasteiger partial charge in [0, 0.05) is 0 Å². The predicted molar refractivity (Wildman–Crippen MR) is 55.2 cm³/mol. The lowest BCUT2D eigenvalue weighted by Crippen LogP contribution is -1.99. The van der Waals surface area contributed by atoms with Crippen LogP contribution in [0.2, 0.25) is 0 Å². The number of halogens is 1. The summed E-state index contributed by atoms with van der Waals surface area (Å²) in [5.41, 5.74) is 1.50. The van der Waals surface area contributed by atoms with Gasteiger partial charge in [-0.05, 0) is 30.7 Å². The normalized spacial score (nSPS) is 9.29. The Kier molecular flexibility index (Phi) is 4.17. The van der Waals surface area contributed by atoms with Gasteiger partial charge in [-0.15, -0.1) is 11.6 Å². The van der Waals surface area contributed by atoms with Crippen LogP contribution in [-0.4, -0.2) is 18.6 Å². The van der Waals surface area contributed by atoms with E-state index >= 15 is 0 Å². The van der Waals surface area contributed by atoms with Crippen LogP contribution in [0.3, 0.4) is 0 Å². The maximum atomic E-state index is 10.0. The number of nitrogens with zero attached hydrogens (tertiary/aromatic N) is 1. The van der Waals surface area contributed by atoms with Gasteiger partial charge in [-0.1, -0.05) is 0 Å². The molecule has 0 aliphatic heterocycles. The van der Waals surface area contributed by atoms with Gasteiger partial charge in [-0.25, -0.2) is 4.79 Å². The second-order valence-corrected chi connectivity index (χ2v) is 3.07. The van der Waals surface area contributed by atoms with Gasteiger partial charge in [-0.2, -0.15) is 4.99 Å². The number of carbonyl (C=O) groups excluding carboxylic acids is 1. The van der Waals surface area contributed by atoms with Gasteiger partial charge < -0.3 is 4.74 Å². The van der Waals surface area contributed by atoms with E-state index < -0.39 is 0 Å². The van der Waals surface area contributed by atoms with Crippen LogP contribution in [0, 0.1) is 6.92 Å². The monoisotopic (exact) mass is 211 g/mol. The molecule has 0 saturated carbocycles. The van der Waals surface area contributed by atoms with Gasteiger partial charge in [0.2, 0.25) is 6.08 Å². The summed E-state index contributed by atoms with van der Waals surface area (Å²) < 4.78 is 5.35. The van der Waals surface area contributed by atoms with Gasteiger partial charge in [-0.3, -0.25) is 0 Å². The van der Waals surface area contributed by atoms with Crippen molar-refractivity contribution >= 4 is 23.4 Å². The smallest absolute Gasteiger partial charge is 0.240 e. The lowest BCUT2D eigenvalue weighted by molar-refractivity contribution is 0.340. The lowest BCUT2D eigenvalue weighted by atomic mass is 10.2. The van der Waals surface area contributed by atoms with Crippen LogP contribution < -0.4 is 4.74 Å². The van der Waals surface area contributed by atoms with Crippen molar-refractivity contribution in [1.82, 2.24) is 0 Å². The Morgan fingerprint density at radius 1 is 1.57 bits per heavy atom. The Balaban J connectivity index is 2.84. The molecule has 0 aromatic heterocycles. The summed E-state index contributed by atoms with van der Waals surface area (Å²) in [6.45, 7) is 2.35. The van der Waals surface area contributed by atoms with E-state index in [0.29, 0.717) is 18.2 Å². The molecule has 0 fully saturated rings. The summed E-state index contributed by atoms with van der Waals surface area (Å²) in [6.07, 6.45) is 1.49. The molecular formula is C10H10ClNO2. The van der Waals surface area contributed by atoms with Crippen molar-refractivity contribution < 1.29 is 9.53 Å². The van der Waals surface area contributed by atoms with Crippen molar-refractivity contribution in [2.45, 2.75) is 6.92 Å². The van der Waals surface area contributed by atoms with Crippen LogP contribution >= 0.6 is 11.6 Å². The largest absolute Gasteiger partial charge is 0.492 e. The highest BCUT2D eigenvalue weighted by atomic mass is 35.5. The second kappa shape index (κ2) is 5.43. The van der Waals surface area contributed by atoms with Crippen LogP contribution in [0.1, 0.15) is 5.56 Å². The molecule has 0 spiro atoms. The maximum Gasteiger partial charge on any atom is 0.240 e. The molecule has 0 unspecified atom stereocenters. The molecule has 14 heavy (non-hydrogen) atoms. The fourth-order valence-electron chi connectivity index (χ4n) is 1.07. The SMILES string of the molecule is Cc1cc(N=C=O)ccc1OCCCl. The van der Waals surface area contributed by atoms with Crippen molar-refractivity contribution in [1.29, 1.82) is 0 Å². The molecule has 1 aromatic carbocycles. The number of hydrogen-bond donors (Lipinski definition) is 0. The van der Waals surface area contributed by atoms with Crippen molar-refractivity contribution in [3.63, 3.8) is 0 Å². The van der Waals surface area contributed by atoms with Crippen LogP contribution in [0.4, 0.5) is 5.69 Å². The number of ether oxygens (including phenoxy) is 1. The molecule has 0 aliphatic rings. The zero-order valence-corrected chi connectivity index (χ0v) is 8.54. The first-order valence-corrected chi connectivity index (χ1v) is 4.68. The zero-order valence-electron chi connectivity index (χ0n) is 7.79. The van der Waals surface area contributed by atoms with E-state index in [1.54, 1.807) is 18.2 Å². The number of aliphatic imine (C=N–C) groups is 1. The van der Waals surface area contributed by atoms with E-state index in [2.05, 4.69) is 4.99 Å². The highest BCUT2D eigenvalue weighted by molar-refractivity contribution is 6.18. The van der Waals surface area contributed by atoms with Crippen molar-refractivity contribution in [3.8, 4) is 5.75 Å². The molecule has 0 aliphatic carbocycles. The maximum absolute atomic E-state index is 10.0. The van der Waals surface area contributed by atoms with E-state index in [1.165, 1.54) is 6.08 Å². The number of alkyl halides is 1. The van der Waals surface area contributed by atoms with Gasteiger partial charge in [0.05, 0.1) is 11.6 Å². The first kappa shape index (κ1) is 10.8. The first-order chi connectivity index (χ1) is 6.77. The van der Waals surface area contributed by atoms with Crippen molar-refractivity contribution in [2.75, 3.05) is 12.5 Å². The molecule has 0 heterocycles.